The maximum absolute atomic E-state index is 11.7. The summed E-state index contributed by atoms with van der Waals surface area (Å²) in [6.07, 6.45) is 12.1. The van der Waals surface area contributed by atoms with Crippen LogP contribution < -0.4 is 5.32 Å². The number of carbonyl (C=O) groups is 2. The van der Waals surface area contributed by atoms with Gasteiger partial charge < -0.3 is 0 Å². The number of nitrogens with one attached hydrogen (secondary N) is 1. The van der Waals surface area contributed by atoms with Gasteiger partial charge in [-0.05, 0) is 19.8 Å². The van der Waals surface area contributed by atoms with Gasteiger partial charge in [0.25, 0.3) is 0 Å². The minimum atomic E-state index is -0.149. The Labute approximate surface area is 136 Å². The summed E-state index contributed by atoms with van der Waals surface area (Å²) in [5.41, 5.74) is -0.0190. The molecule has 0 aliphatic carbocycles. The van der Waals surface area contributed by atoms with Crippen LogP contribution in [0.15, 0.2) is 0 Å². The molecule has 4 heteroatoms. The third kappa shape index (κ3) is 6.47. The van der Waals surface area contributed by atoms with Gasteiger partial charge in [-0.25, -0.2) is 0 Å². The Balaban J connectivity index is 2.59. The molecule has 1 heterocycles. The average Bonchev–Trinajstić information content (AvgIpc) is 2.46. The zero-order chi connectivity index (χ0) is 16.4. The average molecular weight is 310 g/mol. The third-order valence-corrected chi connectivity index (χ3v) is 4.85. The highest BCUT2D eigenvalue weighted by molar-refractivity contribution is 5.99. The highest BCUT2D eigenvalue weighted by atomic mass is 16.2. The first kappa shape index (κ1) is 19.1. The number of hydrogen-bond donors (Lipinski definition) is 1. The van der Waals surface area contributed by atoms with Crippen molar-refractivity contribution in [1.29, 1.82) is 0 Å². The van der Waals surface area contributed by atoms with Crippen LogP contribution in [0.4, 0.5) is 0 Å². The molecule has 1 aliphatic heterocycles. The lowest BCUT2D eigenvalue weighted by molar-refractivity contribution is -0.139. The molecule has 0 saturated carbocycles. The topological polar surface area (TPSA) is 49.4 Å². The molecular formula is C18H34N2O2. The lowest BCUT2D eigenvalue weighted by Crippen LogP contribution is -2.59. The van der Waals surface area contributed by atoms with Crippen LogP contribution in [0.3, 0.4) is 0 Å². The fraction of sp³-hybridized carbons (Fsp3) is 0.889. The molecule has 0 bridgehead atoms. The normalized spacial score (nSPS) is 19.0. The third-order valence-electron chi connectivity index (χ3n) is 4.85. The molecule has 1 saturated heterocycles. The van der Waals surface area contributed by atoms with E-state index >= 15 is 0 Å². The molecule has 0 aromatic carbocycles. The monoisotopic (exact) mass is 310 g/mol. The second-order valence-corrected chi connectivity index (χ2v) is 6.95. The number of nitrogens with zero attached hydrogens (tertiary/aromatic N) is 1. The molecule has 1 aliphatic rings. The van der Waals surface area contributed by atoms with Crippen LogP contribution >= 0.6 is 0 Å². The number of unbranched alkanes of at least 4 members (excludes halogenated alkanes) is 6. The van der Waals surface area contributed by atoms with Crippen LogP contribution in [-0.4, -0.2) is 35.3 Å². The Bertz CT molecular complexity index is 341. The number of rotatable bonds is 11. The minimum Gasteiger partial charge on any atom is -0.294 e. The van der Waals surface area contributed by atoms with Crippen molar-refractivity contribution in [3.05, 3.63) is 0 Å². The Morgan fingerprint density at radius 1 is 0.864 bits per heavy atom. The van der Waals surface area contributed by atoms with E-state index in [0.717, 1.165) is 12.8 Å². The van der Waals surface area contributed by atoms with Gasteiger partial charge in [-0.15, -0.1) is 0 Å². The Hall–Kier alpha value is -0.900. The van der Waals surface area contributed by atoms with E-state index in [2.05, 4.69) is 31.0 Å². The summed E-state index contributed by atoms with van der Waals surface area (Å²) >= 11 is 0. The SMILES string of the molecule is CCCCCCCC(C)(CCCCC)N1CC(=O)NC(=O)C1. The molecular weight excluding hydrogens is 276 g/mol. The summed E-state index contributed by atoms with van der Waals surface area (Å²) in [7, 11) is 0. The van der Waals surface area contributed by atoms with Gasteiger partial charge in [0.1, 0.15) is 0 Å². The Morgan fingerprint density at radius 2 is 1.32 bits per heavy atom. The van der Waals surface area contributed by atoms with E-state index in [1.807, 2.05) is 0 Å². The highest BCUT2D eigenvalue weighted by Gasteiger charge is 2.36. The van der Waals surface area contributed by atoms with Crippen molar-refractivity contribution in [3.63, 3.8) is 0 Å². The zero-order valence-corrected chi connectivity index (χ0v) is 14.7. The smallest absolute Gasteiger partial charge is 0.240 e. The van der Waals surface area contributed by atoms with Gasteiger partial charge >= 0.3 is 0 Å². The van der Waals surface area contributed by atoms with Gasteiger partial charge in [-0.1, -0.05) is 65.2 Å². The molecule has 1 unspecified atom stereocenters. The van der Waals surface area contributed by atoms with Gasteiger partial charge in [0, 0.05) is 5.54 Å². The maximum Gasteiger partial charge on any atom is 0.240 e. The zero-order valence-electron chi connectivity index (χ0n) is 14.7. The number of hydrogen-bond acceptors (Lipinski definition) is 3. The summed E-state index contributed by atoms with van der Waals surface area (Å²) < 4.78 is 0. The first-order chi connectivity index (χ1) is 10.5. The largest absolute Gasteiger partial charge is 0.294 e. The van der Waals surface area contributed by atoms with E-state index < -0.39 is 0 Å². The fourth-order valence-corrected chi connectivity index (χ4v) is 3.33. The van der Waals surface area contributed by atoms with Gasteiger partial charge in [0.2, 0.25) is 11.8 Å². The minimum absolute atomic E-state index is 0.0190. The molecule has 0 aromatic rings. The van der Waals surface area contributed by atoms with E-state index in [1.165, 1.54) is 51.4 Å². The van der Waals surface area contributed by atoms with Crippen molar-refractivity contribution in [1.82, 2.24) is 10.2 Å². The molecule has 0 aromatic heterocycles. The summed E-state index contributed by atoms with van der Waals surface area (Å²) in [5, 5.41) is 2.41. The molecule has 1 rings (SSSR count). The van der Waals surface area contributed by atoms with E-state index in [4.69, 9.17) is 0 Å². The molecule has 1 N–H and O–H groups in total. The van der Waals surface area contributed by atoms with Crippen LogP contribution in [0.25, 0.3) is 0 Å². The molecule has 128 valence electrons. The first-order valence-electron chi connectivity index (χ1n) is 9.09. The lowest BCUT2D eigenvalue weighted by Gasteiger charge is -2.43. The van der Waals surface area contributed by atoms with Crippen LogP contribution in [0.1, 0.15) is 85.0 Å². The van der Waals surface area contributed by atoms with Crippen LogP contribution in [0.2, 0.25) is 0 Å². The number of carbonyl (C=O) groups excluding carboxylic acids is 2. The van der Waals surface area contributed by atoms with Crippen molar-refractivity contribution >= 4 is 11.8 Å². The second kappa shape index (κ2) is 9.98. The maximum atomic E-state index is 11.7. The van der Waals surface area contributed by atoms with Gasteiger partial charge in [-0.3, -0.25) is 19.8 Å². The molecule has 0 spiro atoms. The number of piperazine rings is 1. The van der Waals surface area contributed by atoms with Crippen molar-refractivity contribution in [2.45, 2.75) is 90.5 Å². The highest BCUT2D eigenvalue weighted by Crippen LogP contribution is 2.29. The van der Waals surface area contributed by atoms with E-state index in [1.54, 1.807) is 0 Å². The van der Waals surface area contributed by atoms with Gasteiger partial charge in [-0.2, -0.15) is 0 Å². The summed E-state index contributed by atoms with van der Waals surface area (Å²) in [6.45, 7) is 7.41. The molecule has 1 fully saturated rings. The van der Waals surface area contributed by atoms with Crippen LogP contribution in [0, 0.1) is 0 Å². The second-order valence-electron chi connectivity index (χ2n) is 6.95. The molecule has 4 nitrogen and oxygen atoms in total. The Kier molecular flexibility index (Phi) is 8.69. The van der Waals surface area contributed by atoms with Gasteiger partial charge in [0.15, 0.2) is 0 Å². The first-order valence-corrected chi connectivity index (χ1v) is 9.09. The summed E-state index contributed by atoms with van der Waals surface area (Å²) in [4.78, 5) is 25.5. The summed E-state index contributed by atoms with van der Waals surface area (Å²) in [5.74, 6) is -0.298. The van der Waals surface area contributed by atoms with E-state index in [-0.39, 0.29) is 17.4 Å². The van der Waals surface area contributed by atoms with Gasteiger partial charge in [0.05, 0.1) is 13.1 Å². The van der Waals surface area contributed by atoms with Crippen molar-refractivity contribution in [2.75, 3.05) is 13.1 Å². The van der Waals surface area contributed by atoms with Crippen molar-refractivity contribution in [3.8, 4) is 0 Å². The fourth-order valence-electron chi connectivity index (χ4n) is 3.33. The molecule has 1 atom stereocenters. The molecule has 22 heavy (non-hydrogen) atoms. The lowest BCUT2D eigenvalue weighted by atomic mass is 9.86. The number of imide groups is 1. The van der Waals surface area contributed by atoms with E-state index in [0.29, 0.717) is 13.1 Å². The summed E-state index contributed by atoms with van der Waals surface area (Å²) in [6, 6.07) is 0. The standard InChI is InChI=1S/C18H34N2O2/c1-4-6-8-9-11-13-18(3,12-10-7-5-2)20-14-16(21)19-17(22)15-20/h4-15H2,1-3H3,(H,19,21,22). The quantitative estimate of drug-likeness (QED) is 0.468. The van der Waals surface area contributed by atoms with Crippen molar-refractivity contribution in [2.24, 2.45) is 0 Å². The van der Waals surface area contributed by atoms with Crippen molar-refractivity contribution < 1.29 is 9.59 Å². The van der Waals surface area contributed by atoms with Crippen LogP contribution in [-0.2, 0) is 9.59 Å². The molecule has 2 amide bonds. The Morgan fingerprint density at radius 3 is 1.86 bits per heavy atom. The van der Waals surface area contributed by atoms with E-state index in [9.17, 15) is 9.59 Å². The predicted octanol–water partition coefficient (Wildman–Crippen LogP) is 3.64. The molecule has 0 radical (unpaired) electrons. The number of amides is 2. The predicted molar refractivity (Wildman–Crippen MR) is 90.6 cm³/mol. The van der Waals surface area contributed by atoms with Crippen LogP contribution in [0.5, 0.6) is 0 Å².